The van der Waals surface area contributed by atoms with E-state index in [1.807, 2.05) is 19.9 Å². The number of hydrogen-bond acceptors (Lipinski definition) is 3. The van der Waals surface area contributed by atoms with Crippen molar-refractivity contribution >= 4 is 5.91 Å². The summed E-state index contributed by atoms with van der Waals surface area (Å²) >= 11 is 0. The molecule has 0 radical (unpaired) electrons. The first-order valence-electron chi connectivity index (χ1n) is 6.96. The van der Waals surface area contributed by atoms with Crippen molar-refractivity contribution in [2.75, 3.05) is 13.2 Å². The summed E-state index contributed by atoms with van der Waals surface area (Å²) in [6, 6.07) is 1.86. The molecule has 0 spiro atoms. The Kier molecular flexibility index (Phi) is 6.02. The third kappa shape index (κ3) is 4.35. The van der Waals surface area contributed by atoms with Crippen molar-refractivity contribution in [1.82, 2.24) is 15.1 Å². The Bertz CT molecular complexity index is 413. The molecule has 5 nitrogen and oxygen atoms in total. The molecule has 5 heteroatoms. The van der Waals surface area contributed by atoms with Crippen LogP contribution in [-0.4, -0.2) is 33.9 Å². The highest BCUT2D eigenvalue weighted by Gasteiger charge is 2.16. The van der Waals surface area contributed by atoms with E-state index in [9.17, 15) is 4.79 Å². The summed E-state index contributed by atoms with van der Waals surface area (Å²) in [5.41, 5.74) is 1.55. The van der Waals surface area contributed by atoms with E-state index in [1.165, 1.54) is 0 Å². The molecule has 0 fully saturated rings. The molecule has 1 unspecified atom stereocenters. The minimum absolute atomic E-state index is 0.0916. The summed E-state index contributed by atoms with van der Waals surface area (Å²) in [7, 11) is 0. The van der Waals surface area contributed by atoms with Crippen LogP contribution in [0.15, 0.2) is 6.07 Å². The standard InChI is InChI=1S/C14H25N3O2/c1-5-17-13(8-12(16-17)10(2)3)14(19)15-9-11(4)6-7-18/h8,10-11,18H,5-7,9H2,1-4H3,(H,15,19). The third-order valence-corrected chi connectivity index (χ3v) is 3.16. The number of rotatable bonds is 7. The second-order valence-electron chi connectivity index (χ2n) is 5.25. The van der Waals surface area contributed by atoms with Crippen LogP contribution >= 0.6 is 0 Å². The van der Waals surface area contributed by atoms with E-state index >= 15 is 0 Å². The lowest BCUT2D eigenvalue weighted by Gasteiger charge is -2.11. The van der Waals surface area contributed by atoms with Gasteiger partial charge in [-0.3, -0.25) is 9.48 Å². The molecule has 1 amide bonds. The number of carbonyl (C=O) groups excluding carboxylic acids is 1. The monoisotopic (exact) mass is 267 g/mol. The molecule has 1 atom stereocenters. The molecule has 108 valence electrons. The zero-order chi connectivity index (χ0) is 14.4. The van der Waals surface area contributed by atoms with Gasteiger partial charge in [0, 0.05) is 19.7 Å². The van der Waals surface area contributed by atoms with Gasteiger partial charge in [-0.15, -0.1) is 0 Å². The molecule has 0 saturated heterocycles. The number of amides is 1. The fourth-order valence-corrected chi connectivity index (χ4v) is 1.82. The molecule has 0 bridgehead atoms. The lowest BCUT2D eigenvalue weighted by molar-refractivity contribution is 0.0934. The van der Waals surface area contributed by atoms with Crippen molar-refractivity contribution in [3.05, 3.63) is 17.5 Å². The maximum atomic E-state index is 12.1. The topological polar surface area (TPSA) is 67.2 Å². The van der Waals surface area contributed by atoms with Crippen molar-refractivity contribution < 1.29 is 9.90 Å². The van der Waals surface area contributed by atoms with Crippen LogP contribution in [0.1, 0.15) is 56.2 Å². The Morgan fingerprint density at radius 1 is 1.47 bits per heavy atom. The van der Waals surface area contributed by atoms with E-state index in [0.29, 0.717) is 31.1 Å². The number of aryl methyl sites for hydroxylation is 1. The van der Waals surface area contributed by atoms with Crippen LogP contribution in [0.5, 0.6) is 0 Å². The first-order chi connectivity index (χ1) is 8.99. The summed E-state index contributed by atoms with van der Waals surface area (Å²) in [5, 5.41) is 16.2. The fourth-order valence-electron chi connectivity index (χ4n) is 1.82. The van der Waals surface area contributed by atoms with Gasteiger partial charge < -0.3 is 10.4 Å². The van der Waals surface area contributed by atoms with Gasteiger partial charge in [-0.2, -0.15) is 5.10 Å². The average molecular weight is 267 g/mol. The second kappa shape index (κ2) is 7.28. The van der Waals surface area contributed by atoms with Gasteiger partial charge in [0.25, 0.3) is 5.91 Å². The van der Waals surface area contributed by atoms with Gasteiger partial charge in [0.2, 0.25) is 0 Å². The first kappa shape index (κ1) is 15.7. The quantitative estimate of drug-likeness (QED) is 0.791. The van der Waals surface area contributed by atoms with Crippen molar-refractivity contribution in [3.8, 4) is 0 Å². The smallest absolute Gasteiger partial charge is 0.269 e. The summed E-state index contributed by atoms with van der Waals surface area (Å²) in [6.07, 6.45) is 0.699. The largest absolute Gasteiger partial charge is 0.396 e. The highest BCUT2D eigenvalue weighted by molar-refractivity contribution is 5.92. The second-order valence-corrected chi connectivity index (χ2v) is 5.25. The Morgan fingerprint density at radius 3 is 2.68 bits per heavy atom. The van der Waals surface area contributed by atoms with Crippen LogP contribution in [-0.2, 0) is 6.54 Å². The lowest BCUT2D eigenvalue weighted by atomic mass is 10.1. The molecule has 0 aliphatic rings. The molecule has 1 aromatic rings. The van der Waals surface area contributed by atoms with Crippen molar-refractivity contribution in [3.63, 3.8) is 0 Å². The molecule has 1 aromatic heterocycles. The predicted molar refractivity (Wildman–Crippen MR) is 75.2 cm³/mol. The van der Waals surface area contributed by atoms with E-state index in [4.69, 9.17) is 5.11 Å². The van der Waals surface area contributed by atoms with Gasteiger partial charge in [-0.1, -0.05) is 20.8 Å². The minimum atomic E-state index is -0.0916. The molecular weight excluding hydrogens is 242 g/mol. The van der Waals surface area contributed by atoms with Crippen LogP contribution < -0.4 is 5.32 Å². The summed E-state index contributed by atoms with van der Waals surface area (Å²) in [6.45, 7) is 9.52. The summed E-state index contributed by atoms with van der Waals surface area (Å²) < 4.78 is 1.74. The van der Waals surface area contributed by atoms with Gasteiger partial charge >= 0.3 is 0 Å². The van der Waals surface area contributed by atoms with E-state index in [0.717, 1.165) is 5.69 Å². The SMILES string of the molecule is CCn1nc(C(C)C)cc1C(=O)NCC(C)CCO. The Morgan fingerprint density at radius 2 is 2.16 bits per heavy atom. The summed E-state index contributed by atoms with van der Waals surface area (Å²) in [4.78, 5) is 12.1. The maximum absolute atomic E-state index is 12.1. The molecule has 2 N–H and O–H groups in total. The highest BCUT2D eigenvalue weighted by Crippen LogP contribution is 2.14. The number of hydrogen-bond donors (Lipinski definition) is 2. The van der Waals surface area contributed by atoms with Crippen molar-refractivity contribution in [2.24, 2.45) is 5.92 Å². The molecule has 0 saturated carbocycles. The van der Waals surface area contributed by atoms with E-state index in [1.54, 1.807) is 4.68 Å². The van der Waals surface area contributed by atoms with Gasteiger partial charge in [0.05, 0.1) is 5.69 Å². The molecule has 1 rings (SSSR count). The minimum Gasteiger partial charge on any atom is -0.396 e. The van der Waals surface area contributed by atoms with E-state index < -0.39 is 0 Å². The molecule has 0 aliphatic heterocycles. The Balaban J connectivity index is 2.70. The molecule has 1 heterocycles. The van der Waals surface area contributed by atoms with Crippen LogP contribution in [0, 0.1) is 5.92 Å². The number of aliphatic hydroxyl groups excluding tert-OH is 1. The lowest BCUT2D eigenvalue weighted by Crippen LogP contribution is -2.30. The number of nitrogens with one attached hydrogen (secondary N) is 1. The fraction of sp³-hybridized carbons (Fsp3) is 0.714. The average Bonchev–Trinajstić information content (AvgIpc) is 2.80. The van der Waals surface area contributed by atoms with E-state index in [-0.39, 0.29) is 18.4 Å². The van der Waals surface area contributed by atoms with E-state index in [2.05, 4.69) is 24.3 Å². The van der Waals surface area contributed by atoms with Crippen molar-refractivity contribution in [2.45, 2.75) is 46.6 Å². The van der Waals surface area contributed by atoms with Crippen LogP contribution in [0.2, 0.25) is 0 Å². The zero-order valence-corrected chi connectivity index (χ0v) is 12.3. The number of aliphatic hydroxyl groups is 1. The zero-order valence-electron chi connectivity index (χ0n) is 12.3. The van der Waals surface area contributed by atoms with Gasteiger partial charge in [0.1, 0.15) is 5.69 Å². The van der Waals surface area contributed by atoms with Crippen LogP contribution in [0.25, 0.3) is 0 Å². The van der Waals surface area contributed by atoms with Gasteiger partial charge in [-0.05, 0) is 31.2 Å². The molecular formula is C14H25N3O2. The number of nitrogens with zero attached hydrogens (tertiary/aromatic N) is 2. The first-order valence-corrected chi connectivity index (χ1v) is 6.96. The highest BCUT2D eigenvalue weighted by atomic mass is 16.3. The Labute approximate surface area is 115 Å². The van der Waals surface area contributed by atoms with Crippen LogP contribution in [0.4, 0.5) is 0 Å². The Hall–Kier alpha value is -1.36. The van der Waals surface area contributed by atoms with Gasteiger partial charge in [0.15, 0.2) is 0 Å². The molecule has 19 heavy (non-hydrogen) atoms. The summed E-state index contributed by atoms with van der Waals surface area (Å²) in [5.74, 6) is 0.496. The van der Waals surface area contributed by atoms with Crippen molar-refractivity contribution in [1.29, 1.82) is 0 Å². The predicted octanol–water partition coefficient (Wildman–Crippen LogP) is 1.77. The number of aromatic nitrogens is 2. The molecule has 0 aromatic carbocycles. The molecule has 0 aliphatic carbocycles. The normalized spacial score (nSPS) is 12.7. The maximum Gasteiger partial charge on any atom is 0.269 e. The third-order valence-electron chi connectivity index (χ3n) is 3.16. The van der Waals surface area contributed by atoms with Crippen LogP contribution in [0.3, 0.4) is 0 Å². The number of carbonyl (C=O) groups is 1. The van der Waals surface area contributed by atoms with Gasteiger partial charge in [-0.25, -0.2) is 0 Å².